The summed E-state index contributed by atoms with van der Waals surface area (Å²) in [5.41, 5.74) is 1.44. The Morgan fingerprint density at radius 1 is 1.00 bits per heavy atom. The van der Waals surface area contributed by atoms with E-state index in [9.17, 15) is 20.4 Å². The van der Waals surface area contributed by atoms with Gasteiger partial charge in [-0.25, -0.2) is 9.97 Å². The molecule has 8 rings (SSSR count). The van der Waals surface area contributed by atoms with Crippen molar-refractivity contribution < 1.29 is 25.2 Å². The molecule has 3 unspecified atom stereocenters. The molecular formula is C26H32N2O5. The smallest absolute Gasteiger partial charge is 0.206 e. The molecule has 2 aliphatic heterocycles. The topological polar surface area (TPSA) is 116 Å². The standard InChI is InChI=1S/C26H32N2O5/c1-12-4-6-14-15(10-12)27-18-13-5-7-16-24-11-33-26(32,25(16,21(13)30)20(18)28-14)22(31)19(24)23(2,3)9-8-17(24)29/h4,6,10,13,16-17,19,21-22,29-32H,5,7-9,11H2,1-3H3/t13-,16?,17-,19?,21+,22-,24+,25?,26-/m0/s1. The van der Waals surface area contributed by atoms with Crippen LogP contribution in [-0.4, -0.2) is 61.1 Å². The van der Waals surface area contributed by atoms with Gasteiger partial charge in [0.15, 0.2) is 0 Å². The second-order valence-electron chi connectivity index (χ2n) is 12.1. The highest BCUT2D eigenvalue weighted by atomic mass is 16.6. The lowest BCUT2D eigenvalue weighted by Gasteiger charge is -2.75. The minimum Gasteiger partial charge on any atom is -0.392 e. The number of aliphatic hydroxyl groups is 4. The Bertz CT molecular complexity index is 1200. The fourth-order valence-corrected chi connectivity index (χ4v) is 9.15. The lowest BCUT2D eigenvalue weighted by atomic mass is 9.35. The van der Waals surface area contributed by atoms with Gasteiger partial charge in [0.05, 0.1) is 41.2 Å². The van der Waals surface area contributed by atoms with Crippen LogP contribution in [0.5, 0.6) is 0 Å². The van der Waals surface area contributed by atoms with Crippen LogP contribution in [0.25, 0.3) is 11.0 Å². The minimum absolute atomic E-state index is 0.176. The highest BCUT2D eigenvalue weighted by Gasteiger charge is 2.85. The molecule has 2 spiro atoms. The van der Waals surface area contributed by atoms with E-state index in [0.29, 0.717) is 29.7 Å². The molecule has 0 amide bonds. The number of aryl methyl sites for hydroxylation is 1. The Labute approximate surface area is 192 Å². The van der Waals surface area contributed by atoms with Crippen molar-refractivity contribution >= 4 is 11.0 Å². The van der Waals surface area contributed by atoms with Gasteiger partial charge in [-0.05, 0) is 61.6 Å². The third-order valence-corrected chi connectivity index (χ3v) is 10.4. The average Bonchev–Trinajstić information content (AvgIpc) is 2.89. The van der Waals surface area contributed by atoms with Gasteiger partial charge < -0.3 is 25.2 Å². The first-order valence-corrected chi connectivity index (χ1v) is 12.3. The molecule has 3 saturated carbocycles. The third kappa shape index (κ3) is 2.00. The molecule has 1 aromatic heterocycles. The Kier molecular flexibility index (Phi) is 3.73. The van der Waals surface area contributed by atoms with Crippen molar-refractivity contribution in [2.24, 2.45) is 22.7 Å². The van der Waals surface area contributed by atoms with E-state index in [1.165, 1.54) is 0 Å². The molecule has 3 heterocycles. The van der Waals surface area contributed by atoms with Crippen molar-refractivity contribution in [3.05, 3.63) is 35.2 Å². The number of hydrogen-bond donors (Lipinski definition) is 4. The summed E-state index contributed by atoms with van der Waals surface area (Å²) in [6, 6.07) is 5.88. The zero-order chi connectivity index (χ0) is 23.1. The normalized spacial score (nSPS) is 48.9. The molecule has 2 aromatic rings. The van der Waals surface area contributed by atoms with E-state index in [4.69, 9.17) is 14.7 Å². The molecular weight excluding hydrogens is 420 g/mol. The van der Waals surface area contributed by atoms with Gasteiger partial charge in [0.1, 0.15) is 11.5 Å². The van der Waals surface area contributed by atoms with Crippen LogP contribution < -0.4 is 0 Å². The SMILES string of the molecule is Cc1ccc2nc3c(nc2c1)[C@@H]1CCC2C3([C@@H]1O)[C@@]1(O)OC[C@@]23C([C@@H]1O)C(C)(C)CC[C@@H]3O. The third-order valence-electron chi connectivity index (χ3n) is 10.4. The van der Waals surface area contributed by atoms with Crippen LogP contribution in [0.3, 0.4) is 0 Å². The maximum atomic E-state index is 12.3. The van der Waals surface area contributed by atoms with Gasteiger partial charge in [-0.15, -0.1) is 0 Å². The van der Waals surface area contributed by atoms with Crippen LogP contribution in [0.4, 0.5) is 0 Å². The number of rotatable bonds is 0. The Morgan fingerprint density at radius 2 is 1.79 bits per heavy atom. The van der Waals surface area contributed by atoms with Crippen molar-refractivity contribution in [1.82, 2.24) is 9.97 Å². The lowest BCUT2D eigenvalue weighted by molar-refractivity contribution is -0.449. The molecule has 5 fully saturated rings. The Balaban J connectivity index is 1.55. The van der Waals surface area contributed by atoms with Crippen LogP contribution >= 0.6 is 0 Å². The second-order valence-corrected chi connectivity index (χ2v) is 12.1. The summed E-state index contributed by atoms with van der Waals surface area (Å²) in [4.78, 5) is 9.96. The van der Waals surface area contributed by atoms with Gasteiger partial charge in [0, 0.05) is 17.3 Å². The maximum Gasteiger partial charge on any atom is 0.206 e. The van der Waals surface area contributed by atoms with Crippen molar-refractivity contribution in [3.63, 3.8) is 0 Å². The fraction of sp³-hybridized carbons (Fsp3) is 0.692. The van der Waals surface area contributed by atoms with Crippen molar-refractivity contribution in [2.75, 3.05) is 6.61 Å². The largest absolute Gasteiger partial charge is 0.392 e. The Hall–Kier alpha value is -1.64. The van der Waals surface area contributed by atoms with Gasteiger partial charge in [0.25, 0.3) is 0 Å². The quantitative estimate of drug-likeness (QED) is 0.483. The fourth-order valence-electron chi connectivity index (χ4n) is 9.15. The first-order chi connectivity index (χ1) is 15.6. The van der Waals surface area contributed by atoms with E-state index < -0.39 is 34.9 Å². The summed E-state index contributed by atoms with van der Waals surface area (Å²) < 4.78 is 6.17. The molecule has 4 bridgehead atoms. The van der Waals surface area contributed by atoms with Crippen LogP contribution in [0.1, 0.15) is 62.4 Å². The zero-order valence-corrected chi connectivity index (χ0v) is 19.3. The number of benzene rings is 1. The number of nitrogens with zero attached hydrogens (tertiary/aromatic N) is 2. The molecule has 176 valence electrons. The summed E-state index contributed by atoms with van der Waals surface area (Å²) in [5, 5.41) is 47.5. The minimum atomic E-state index is -1.99. The van der Waals surface area contributed by atoms with Crippen molar-refractivity contribution in [2.45, 2.75) is 81.9 Å². The number of aliphatic hydroxyl groups excluding tert-OH is 3. The number of ether oxygens (including phenoxy) is 1. The summed E-state index contributed by atoms with van der Waals surface area (Å²) in [7, 11) is 0. The molecule has 0 radical (unpaired) electrons. The molecule has 7 nitrogen and oxygen atoms in total. The van der Waals surface area contributed by atoms with Crippen LogP contribution in [-0.2, 0) is 10.2 Å². The van der Waals surface area contributed by atoms with E-state index in [-0.39, 0.29) is 29.8 Å². The number of hydrogen-bond acceptors (Lipinski definition) is 7. The van der Waals surface area contributed by atoms with Crippen molar-refractivity contribution in [1.29, 1.82) is 0 Å². The monoisotopic (exact) mass is 452 g/mol. The summed E-state index contributed by atoms with van der Waals surface area (Å²) >= 11 is 0. The van der Waals surface area contributed by atoms with Gasteiger partial charge in [-0.2, -0.15) is 0 Å². The van der Waals surface area contributed by atoms with Crippen LogP contribution in [0.2, 0.25) is 0 Å². The number of fused-ring (bicyclic) bond motifs is 5. The first kappa shape index (κ1) is 20.7. The van der Waals surface area contributed by atoms with Gasteiger partial charge in [-0.3, -0.25) is 0 Å². The molecule has 4 N–H and O–H groups in total. The molecule has 6 aliphatic rings. The van der Waals surface area contributed by atoms with E-state index in [0.717, 1.165) is 23.9 Å². The predicted molar refractivity (Wildman–Crippen MR) is 119 cm³/mol. The van der Waals surface area contributed by atoms with Gasteiger partial charge in [0.2, 0.25) is 5.79 Å². The van der Waals surface area contributed by atoms with Gasteiger partial charge in [-0.1, -0.05) is 19.9 Å². The molecule has 4 aliphatic carbocycles. The van der Waals surface area contributed by atoms with E-state index in [1.807, 2.05) is 25.1 Å². The van der Waals surface area contributed by atoms with Crippen LogP contribution in [0.15, 0.2) is 18.2 Å². The van der Waals surface area contributed by atoms with E-state index >= 15 is 0 Å². The van der Waals surface area contributed by atoms with E-state index in [1.54, 1.807) is 0 Å². The van der Waals surface area contributed by atoms with Crippen molar-refractivity contribution in [3.8, 4) is 0 Å². The number of aromatic nitrogens is 2. The average molecular weight is 453 g/mol. The molecule has 33 heavy (non-hydrogen) atoms. The predicted octanol–water partition coefficient (Wildman–Crippen LogP) is 1.92. The van der Waals surface area contributed by atoms with Crippen LogP contribution in [0, 0.1) is 29.6 Å². The first-order valence-electron chi connectivity index (χ1n) is 12.3. The summed E-state index contributed by atoms with van der Waals surface area (Å²) in [6.45, 7) is 6.42. The summed E-state index contributed by atoms with van der Waals surface area (Å²) in [6.07, 6.45) is -0.113. The summed E-state index contributed by atoms with van der Waals surface area (Å²) in [5.74, 6) is -2.88. The van der Waals surface area contributed by atoms with E-state index in [2.05, 4.69) is 13.8 Å². The highest BCUT2D eigenvalue weighted by Crippen LogP contribution is 2.76. The molecule has 2 saturated heterocycles. The lowest BCUT2D eigenvalue weighted by Crippen LogP contribution is -2.86. The highest BCUT2D eigenvalue weighted by molar-refractivity contribution is 5.76. The van der Waals surface area contributed by atoms with Gasteiger partial charge >= 0.3 is 0 Å². The molecule has 1 aromatic carbocycles. The second kappa shape index (κ2) is 5.94. The maximum absolute atomic E-state index is 12.3. The Morgan fingerprint density at radius 3 is 2.58 bits per heavy atom. The zero-order valence-electron chi connectivity index (χ0n) is 19.3. The molecule has 9 atom stereocenters. The molecule has 7 heteroatoms.